The number of fused-ring (bicyclic) bond motifs is 3. The third-order valence-corrected chi connectivity index (χ3v) is 7.23. The molecule has 2 aliphatic carbocycles. The fraction of sp³-hybridized carbons (Fsp3) is 0.423. The van der Waals surface area contributed by atoms with Gasteiger partial charge in [-0.2, -0.15) is 0 Å². The number of rotatable bonds is 6. The molecule has 0 aromatic heterocycles. The first-order chi connectivity index (χ1) is 16.4. The molecule has 8 nitrogen and oxygen atoms in total. The molecule has 2 aromatic carbocycles. The first kappa shape index (κ1) is 22.4. The fourth-order valence-corrected chi connectivity index (χ4v) is 5.20. The molecule has 5 rings (SSSR count). The van der Waals surface area contributed by atoms with E-state index in [4.69, 9.17) is 9.47 Å². The summed E-state index contributed by atoms with van der Waals surface area (Å²) < 4.78 is 11.0. The van der Waals surface area contributed by atoms with E-state index in [1.165, 1.54) is 4.90 Å². The lowest BCUT2D eigenvalue weighted by Gasteiger charge is -2.39. The predicted octanol–water partition coefficient (Wildman–Crippen LogP) is 3.01. The van der Waals surface area contributed by atoms with Crippen molar-refractivity contribution in [2.45, 2.75) is 37.8 Å². The molecule has 2 N–H and O–H groups in total. The Morgan fingerprint density at radius 1 is 1.09 bits per heavy atom. The summed E-state index contributed by atoms with van der Waals surface area (Å²) >= 11 is 0. The van der Waals surface area contributed by atoms with Crippen molar-refractivity contribution in [3.05, 3.63) is 59.7 Å². The van der Waals surface area contributed by atoms with Crippen LogP contribution in [0.1, 0.15) is 36.8 Å². The highest BCUT2D eigenvalue weighted by molar-refractivity contribution is 5.90. The van der Waals surface area contributed by atoms with Gasteiger partial charge in [0.25, 0.3) is 0 Å². The Hall–Kier alpha value is -3.39. The summed E-state index contributed by atoms with van der Waals surface area (Å²) in [5, 5.41) is 12.3. The first-order valence-corrected chi connectivity index (χ1v) is 11.7. The molecule has 2 unspecified atom stereocenters. The maximum atomic E-state index is 13.2. The molecule has 1 saturated heterocycles. The summed E-state index contributed by atoms with van der Waals surface area (Å²) in [4.78, 5) is 38.9. The van der Waals surface area contributed by atoms with Gasteiger partial charge in [-0.25, -0.2) is 9.59 Å². The van der Waals surface area contributed by atoms with Crippen molar-refractivity contribution in [3.63, 3.8) is 0 Å². The number of aliphatic carboxylic acids is 1. The van der Waals surface area contributed by atoms with E-state index in [-0.39, 0.29) is 31.5 Å². The highest BCUT2D eigenvalue weighted by Gasteiger charge is 2.54. The highest BCUT2D eigenvalue weighted by atomic mass is 16.5. The molecule has 0 radical (unpaired) electrons. The van der Waals surface area contributed by atoms with Crippen LogP contribution in [-0.4, -0.2) is 66.4 Å². The van der Waals surface area contributed by atoms with E-state index in [9.17, 15) is 19.5 Å². The van der Waals surface area contributed by atoms with E-state index in [0.717, 1.165) is 22.3 Å². The minimum absolute atomic E-state index is 0.0409. The highest BCUT2D eigenvalue weighted by Crippen LogP contribution is 2.47. The molecule has 34 heavy (non-hydrogen) atoms. The molecule has 178 valence electrons. The Kier molecular flexibility index (Phi) is 5.77. The number of carbonyl (C=O) groups is 3. The van der Waals surface area contributed by atoms with Gasteiger partial charge in [-0.3, -0.25) is 4.79 Å². The lowest BCUT2D eigenvalue weighted by Crippen LogP contribution is -2.59. The van der Waals surface area contributed by atoms with Gasteiger partial charge < -0.3 is 24.8 Å². The number of carboxylic acid groups (broad SMARTS) is 1. The first-order valence-electron chi connectivity index (χ1n) is 11.7. The largest absolute Gasteiger partial charge is 0.480 e. The van der Waals surface area contributed by atoms with Crippen LogP contribution in [0.5, 0.6) is 0 Å². The Balaban J connectivity index is 1.20. The predicted molar refractivity (Wildman–Crippen MR) is 123 cm³/mol. The number of carbonyl (C=O) groups excluding carboxylic acids is 2. The van der Waals surface area contributed by atoms with Gasteiger partial charge in [0.15, 0.2) is 6.04 Å². The Morgan fingerprint density at radius 2 is 1.71 bits per heavy atom. The Bertz CT molecular complexity index is 1080. The second kappa shape index (κ2) is 8.76. The second-order valence-electron chi connectivity index (χ2n) is 9.32. The zero-order valence-electron chi connectivity index (χ0n) is 19.0. The van der Waals surface area contributed by atoms with Gasteiger partial charge in [-0.1, -0.05) is 48.5 Å². The zero-order valence-corrected chi connectivity index (χ0v) is 19.0. The molecule has 8 heteroatoms. The maximum absolute atomic E-state index is 13.2. The topological polar surface area (TPSA) is 105 Å². The average molecular weight is 465 g/mol. The van der Waals surface area contributed by atoms with Crippen LogP contribution < -0.4 is 5.32 Å². The number of amides is 2. The fourth-order valence-electron chi connectivity index (χ4n) is 5.20. The molecule has 1 saturated carbocycles. The van der Waals surface area contributed by atoms with Crippen LogP contribution in [0.25, 0.3) is 11.1 Å². The van der Waals surface area contributed by atoms with Gasteiger partial charge in [0.1, 0.15) is 6.61 Å². The van der Waals surface area contributed by atoms with Crippen LogP contribution in [0.3, 0.4) is 0 Å². The van der Waals surface area contributed by atoms with Gasteiger partial charge in [0.05, 0.1) is 18.1 Å². The van der Waals surface area contributed by atoms with Crippen LogP contribution >= 0.6 is 0 Å². The quantitative estimate of drug-likeness (QED) is 0.681. The minimum Gasteiger partial charge on any atom is -0.480 e. The standard InChI is InChI=1S/C26H28N2O6/c1-16-22(23(29)30)28(12-13-33-16)24(31)26(10-11-26)15-27-25(32)34-14-21-19-8-4-2-6-17(19)18-7-3-5-9-20(18)21/h2-9,16,21-22H,10-15H2,1H3,(H,27,32)(H,29,30). The van der Waals surface area contributed by atoms with Gasteiger partial charge in [0, 0.05) is 19.0 Å². The van der Waals surface area contributed by atoms with E-state index in [1.807, 2.05) is 24.3 Å². The van der Waals surface area contributed by atoms with Crippen molar-refractivity contribution < 1.29 is 29.0 Å². The van der Waals surface area contributed by atoms with Gasteiger partial charge in [-0.15, -0.1) is 0 Å². The summed E-state index contributed by atoms with van der Waals surface area (Å²) in [6.07, 6.45) is 0.0494. The van der Waals surface area contributed by atoms with Crippen molar-refractivity contribution in [2.75, 3.05) is 26.3 Å². The molecule has 0 bridgehead atoms. The molecule has 3 aliphatic rings. The normalized spacial score (nSPS) is 22.4. The van der Waals surface area contributed by atoms with E-state index >= 15 is 0 Å². The van der Waals surface area contributed by atoms with Crippen molar-refractivity contribution >= 4 is 18.0 Å². The number of nitrogens with zero attached hydrogens (tertiary/aromatic N) is 1. The number of ether oxygens (including phenoxy) is 2. The van der Waals surface area contributed by atoms with E-state index < -0.39 is 29.6 Å². The van der Waals surface area contributed by atoms with Crippen LogP contribution in [0.4, 0.5) is 4.79 Å². The molecule has 2 fully saturated rings. The number of carboxylic acids is 1. The van der Waals surface area contributed by atoms with Crippen LogP contribution in [-0.2, 0) is 19.1 Å². The second-order valence-corrected chi connectivity index (χ2v) is 9.32. The van der Waals surface area contributed by atoms with Gasteiger partial charge in [-0.05, 0) is 42.0 Å². The van der Waals surface area contributed by atoms with E-state index in [0.29, 0.717) is 19.4 Å². The monoisotopic (exact) mass is 464 g/mol. The zero-order chi connectivity index (χ0) is 23.9. The summed E-state index contributed by atoms with van der Waals surface area (Å²) in [7, 11) is 0. The molecular formula is C26H28N2O6. The molecule has 2 amide bonds. The molecule has 0 spiro atoms. The minimum atomic E-state index is -1.08. The molecular weight excluding hydrogens is 436 g/mol. The van der Waals surface area contributed by atoms with Crippen molar-refractivity contribution in [3.8, 4) is 11.1 Å². The third kappa shape index (κ3) is 3.92. The van der Waals surface area contributed by atoms with Gasteiger partial charge >= 0.3 is 12.1 Å². The molecule has 1 aliphatic heterocycles. The number of morpholine rings is 1. The number of nitrogens with one attached hydrogen (secondary N) is 1. The summed E-state index contributed by atoms with van der Waals surface area (Å²) in [5.41, 5.74) is 3.80. The molecule has 1 heterocycles. The maximum Gasteiger partial charge on any atom is 0.407 e. The third-order valence-electron chi connectivity index (χ3n) is 7.23. The smallest absolute Gasteiger partial charge is 0.407 e. The summed E-state index contributed by atoms with van der Waals surface area (Å²) in [6, 6.07) is 15.2. The molecule has 2 aromatic rings. The van der Waals surface area contributed by atoms with E-state index in [2.05, 4.69) is 29.6 Å². The summed E-state index contributed by atoms with van der Waals surface area (Å²) in [5.74, 6) is -1.37. The SMILES string of the molecule is CC1OCCN(C(=O)C2(CNC(=O)OCC3c4ccccc4-c4ccccc43)CC2)C1C(=O)O. The Labute approximate surface area is 197 Å². The summed E-state index contributed by atoms with van der Waals surface area (Å²) in [6.45, 7) is 2.51. The number of hydrogen-bond donors (Lipinski definition) is 2. The van der Waals surface area contributed by atoms with Crippen molar-refractivity contribution in [1.29, 1.82) is 0 Å². The van der Waals surface area contributed by atoms with Crippen molar-refractivity contribution in [2.24, 2.45) is 5.41 Å². The van der Waals surface area contributed by atoms with Gasteiger partial charge in [0.2, 0.25) is 5.91 Å². The van der Waals surface area contributed by atoms with Crippen LogP contribution in [0, 0.1) is 5.41 Å². The van der Waals surface area contributed by atoms with Crippen LogP contribution in [0.15, 0.2) is 48.5 Å². The number of hydrogen-bond acceptors (Lipinski definition) is 5. The molecule has 2 atom stereocenters. The average Bonchev–Trinajstić information content (AvgIpc) is 3.57. The van der Waals surface area contributed by atoms with E-state index in [1.54, 1.807) is 6.92 Å². The lowest BCUT2D eigenvalue weighted by atomic mass is 9.98. The van der Waals surface area contributed by atoms with Crippen LogP contribution in [0.2, 0.25) is 0 Å². The number of alkyl carbamates (subject to hydrolysis) is 1. The number of benzene rings is 2. The van der Waals surface area contributed by atoms with Crippen molar-refractivity contribution in [1.82, 2.24) is 10.2 Å². The Morgan fingerprint density at radius 3 is 2.29 bits per heavy atom. The lowest BCUT2D eigenvalue weighted by molar-refractivity contribution is -0.167.